The number of carboxylic acids is 2. The first-order chi connectivity index (χ1) is 17.1. The number of piperidine rings is 1. The van der Waals surface area contributed by atoms with Gasteiger partial charge >= 0.3 is 24.3 Å². The Labute approximate surface area is 206 Å². The number of furan rings is 1. The van der Waals surface area contributed by atoms with Crippen molar-refractivity contribution < 1.29 is 55.4 Å². The lowest BCUT2D eigenvalue weighted by Gasteiger charge is -2.42. The van der Waals surface area contributed by atoms with Crippen LogP contribution in [0, 0.1) is 0 Å². The summed E-state index contributed by atoms with van der Waals surface area (Å²) in [5.41, 5.74) is 2.28. The van der Waals surface area contributed by atoms with Gasteiger partial charge in [-0.1, -0.05) is 6.07 Å². The van der Waals surface area contributed by atoms with Crippen molar-refractivity contribution in [2.45, 2.75) is 49.6 Å². The Kier molecular flexibility index (Phi) is 9.67. The Hall–Kier alpha value is -3.62. The van der Waals surface area contributed by atoms with E-state index in [4.69, 9.17) is 24.2 Å². The Balaban J connectivity index is 0.000000286. The zero-order valence-corrected chi connectivity index (χ0v) is 19.1. The number of amides is 1. The molecule has 9 nitrogen and oxygen atoms in total. The topological polar surface area (TPSA) is 133 Å². The van der Waals surface area contributed by atoms with Crippen LogP contribution >= 0.6 is 0 Å². The summed E-state index contributed by atoms with van der Waals surface area (Å²) in [5.74, 6) is -5.11. The number of rotatable bonds is 3. The van der Waals surface area contributed by atoms with E-state index in [0.29, 0.717) is 6.42 Å². The quantitative estimate of drug-likeness (QED) is 0.505. The van der Waals surface area contributed by atoms with E-state index in [-0.39, 0.29) is 17.4 Å². The van der Waals surface area contributed by atoms with Crippen LogP contribution in [0.15, 0.2) is 47.5 Å². The van der Waals surface area contributed by atoms with Gasteiger partial charge in [0.2, 0.25) is 5.91 Å². The first-order valence-electron chi connectivity index (χ1n) is 10.7. The van der Waals surface area contributed by atoms with Gasteiger partial charge in [-0.2, -0.15) is 26.3 Å². The van der Waals surface area contributed by atoms with Crippen LogP contribution in [0.25, 0.3) is 0 Å². The molecule has 37 heavy (non-hydrogen) atoms. The molecule has 2 saturated heterocycles. The minimum Gasteiger partial charge on any atom is -0.475 e. The van der Waals surface area contributed by atoms with Gasteiger partial charge < -0.3 is 19.9 Å². The molecule has 1 unspecified atom stereocenters. The smallest absolute Gasteiger partial charge is 0.475 e. The minimum atomic E-state index is -5.08. The Morgan fingerprint density at radius 2 is 1.65 bits per heavy atom. The van der Waals surface area contributed by atoms with Gasteiger partial charge in [0, 0.05) is 55.5 Å². The first kappa shape index (κ1) is 29.6. The number of aliphatic carboxylic acids is 2. The van der Waals surface area contributed by atoms with Crippen LogP contribution in [0.2, 0.25) is 0 Å². The number of nitrogens with one attached hydrogen (secondary N) is 1. The molecule has 2 aromatic heterocycles. The molecule has 0 saturated carbocycles. The summed E-state index contributed by atoms with van der Waals surface area (Å²) in [4.78, 5) is 36.5. The lowest BCUT2D eigenvalue weighted by Crippen LogP contribution is -2.53. The second-order valence-corrected chi connectivity index (χ2v) is 8.26. The third-order valence-corrected chi connectivity index (χ3v) is 5.75. The lowest BCUT2D eigenvalue weighted by atomic mass is 9.74. The van der Waals surface area contributed by atoms with Crippen LogP contribution in [-0.4, -0.2) is 68.9 Å². The molecule has 0 aliphatic carbocycles. The molecule has 15 heteroatoms. The molecule has 2 aliphatic rings. The number of alkyl halides is 6. The van der Waals surface area contributed by atoms with Crippen LogP contribution in [0.3, 0.4) is 0 Å². The molecule has 0 radical (unpaired) electrons. The van der Waals surface area contributed by atoms with Crippen LogP contribution in [0.5, 0.6) is 0 Å². The SMILES string of the molecule is O=C(O)C(F)(F)F.O=C(O)C(F)(F)F.O=C1CC(c2cccnc2)C2(CCN(Cc3ccoc3)CC2)N1. The number of halogens is 6. The highest BCUT2D eigenvalue weighted by Crippen LogP contribution is 2.43. The van der Waals surface area contributed by atoms with Crippen LogP contribution in [0.1, 0.15) is 36.3 Å². The van der Waals surface area contributed by atoms with E-state index in [1.54, 1.807) is 18.7 Å². The molecule has 4 rings (SSSR count). The molecular formula is C22H23F6N3O6. The molecular weight excluding hydrogens is 516 g/mol. The Bertz CT molecular complexity index is 1010. The zero-order valence-electron chi connectivity index (χ0n) is 19.1. The van der Waals surface area contributed by atoms with Crippen molar-refractivity contribution in [2.24, 2.45) is 0 Å². The largest absolute Gasteiger partial charge is 0.490 e. The van der Waals surface area contributed by atoms with E-state index in [1.807, 2.05) is 18.3 Å². The van der Waals surface area contributed by atoms with Crippen molar-refractivity contribution in [1.82, 2.24) is 15.2 Å². The fraction of sp³-hybridized carbons (Fsp3) is 0.455. The predicted octanol–water partition coefficient (Wildman–Crippen LogP) is 3.58. The molecule has 3 N–H and O–H groups in total. The summed E-state index contributed by atoms with van der Waals surface area (Å²) >= 11 is 0. The number of carbonyl (C=O) groups excluding carboxylic acids is 1. The summed E-state index contributed by atoms with van der Waals surface area (Å²) in [6, 6.07) is 6.07. The summed E-state index contributed by atoms with van der Waals surface area (Å²) in [7, 11) is 0. The molecule has 2 fully saturated rings. The number of carbonyl (C=O) groups is 3. The second-order valence-electron chi connectivity index (χ2n) is 8.26. The van der Waals surface area contributed by atoms with Crippen molar-refractivity contribution in [3.05, 3.63) is 54.2 Å². The number of likely N-dealkylation sites (tertiary alicyclic amines) is 1. The summed E-state index contributed by atoms with van der Waals surface area (Å²) in [6.07, 6.45) is -0.408. The Morgan fingerprint density at radius 3 is 2.08 bits per heavy atom. The average Bonchev–Trinajstić information content (AvgIpc) is 3.43. The lowest BCUT2D eigenvalue weighted by molar-refractivity contribution is -0.193. The van der Waals surface area contributed by atoms with Crippen LogP contribution in [0.4, 0.5) is 26.3 Å². The molecule has 2 aliphatic heterocycles. The number of hydrogen-bond donors (Lipinski definition) is 3. The van der Waals surface area contributed by atoms with Crippen molar-refractivity contribution in [1.29, 1.82) is 0 Å². The maximum absolute atomic E-state index is 12.1. The molecule has 2 aromatic rings. The van der Waals surface area contributed by atoms with Crippen molar-refractivity contribution in [3.63, 3.8) is 0 Å². The average molecular weight is 539 g/mol. The molecule has 4 heterocycles. The third kappa shape index (κ3) is 8.77. The Morgan fingerprint density at radius 1 is 1.08 bits per heavy atom. The monoisotopic (exact) mass is 539 g/mol. The fourth-order valence-corrected chi connectivity index (χ4v) is 4.04. The highest BCUT2D eigenvalue weighted by molar-refractivity contribution is 5.81. The van der Waals surface area contributed by atoms with Gasteiger partial charge in [0.1, 0.15) is 0 Å². The van der Waals surface area contributed by atoms with E-state index >= 15 is 0 Å². The minimum absolute atomic E-state index is 0.104. The molecule has 204 valence electrons. The van der Waals surface area contributed by atoms with Gasteiger partial charge in [0.25, 0.3) is 0 Å². The maximum atomic E-state index is 12.1. The number of nitrogens with zero attached hydrogens (tertiary/aromatic N) is 2. The third-order valence-electron chi connectivity index (χ3n) is 5.75. The van der Waals surface area contributed by atoms with Crippen LogP contribution < -0.4 is 5.32 Å². The number of hydrogen-bond acceptors (Lipinski definition) is 6. The normalized spacial score (nSPS) is 19.2. The molecule has 0 aromatic carbocycles. The predicted molar refractivity (Wildman–Crippen MR) is 113 cm³/mol. The standard InChI is InChI=1S/C18H21N3O2.2C2HF3O2/c22-17-10-16(15-2-1-6-19-11-15)18(20-17)4-7-21(8-5-18)12-14-3-9-23-13-14;2*3-2(4,5)1(6)7/h1-3,6,9,11,13,16H,4-5,7-8,10,12H2,(H,20,22);2*(H,6,7). The molecule has 1 atom stereocenters. The van der Waals surface area contributed by atoms with E-state index < -0.39 is 24.3 Å². The van der Waals surface area contributed by atoms with Gasteiger partial charge in [-0.25, -0.2) is 9.59 Å². The van der Waals surface area contributed by atoms with E-state index in [9.17, 15) is 31.1 Å². The van der Waals surface area contributed by atoms with Gasteiger partial charge in [-0.05, 0) is 30.5 Å². The first-order valence-corrected chi connectivity index (χ1v) is 10.7. The number of carboxylic acid groups (broad SMARTS) is 2. The molecule has 1 amide bonds. The highest BCUT2D eigenvalue weighted by atomic mass is 19.4. The highest BCUT2D eigenvalue weighted by Gasteiger charge is 2.48. The van der Waals surface area contributed by atoms with E-state index in [0.717, 1.165) is 32.5 Å². The van der Waals surface area contributed by atoms with Gasteiger partial charge in [0.05, 0.1) is 12.5 Å². The number of aromatic nitrogens is 1. The van der Waals surface area contributed by atoms with Crippen molar-refractivity contribution in [3.8, 4) is 0 Å². The molecule has 1 spiro atoms. The summed E-state index contributed by atoms with van der Waals surface area (Å²) < 4.78 is 68.6. The van der Waals surface area contributed by atoms with E-state index in [2.05, 4.69) is 21.3 Å². The summed E-state index contributed by atoms with van der Waals surface area (Å²) in [5, 5.41) is 17.5. The zero-order chi connectivity index (χ0) is 27.9. The van der Waals surface area contributed by atoms with Gasteiger partial charge in [0.15, 0.2) is 0 Å². The van der Waals surface area contributed by atoms with E-state index in [1.165, 1.54) is 11.1 Å². The second kappa shape index (κ2) is 12.1. The number of pyridine rings is 1. The van der Waals surface area contributed by atoms with Crippen molar-refractivity contribution in [2.75, 3.05) is 13.1 Å². The van der Waals surface area contributed by atoms with Gasteiger partial charge in [-0.15, -0.1) is 0 Å². The summed E-state index contributed by atoms with van der Waals surface area (Å²) in [6.45, 7) is 2.89. The maximum Gasteiger partial charge on any atom is 0.490 e. The van der Waals surface area contributed by atoms with Gasteiger partial charge in [-0.3, -0.25) is 14.7 Å². The molecule has 0 bridgehead atoms. The van der Waals surface area contributed by atoms with Crippen LogP contribution in [-0.2, 0) is 20.9 Å². The van der Waals surface area contributed by atoms with Crippen molar-refractivity contribution >= 4 is 17.8 Å². The fourth-order valence-electron chi connectivity index (χ4n) is 4.04.